The van der Waals surface area contributed by atoms with E-state index in [4.69, 9.17) is 9.47 Å². The number of likely N-dealkylation sites (N-methyl/N-ethyl adjacent to an activating group) is 1. The highest BCUT2D eigenvalue weighted by Crippen LogP contribution is 2.66. The van der Waals surface area contributed by atoms with E-state index in [-0.39, 0.29) is 18.0 Å². The molecule has 5 atom stereocenters. The van der Waals surface area contributed by atoms with Crippen molar-refractivity contribution in [1.29, 1.82) is 0 Å². The number of rotatable bonds is 6. The maximum atomic E-state index is 13.5. The summed E-state index contributed by atoms with van der Waals surface area (Å²) in [6.07, 6.45) is 2.65. The minimum atomic E-state index is -4.43. The van der Waals surface area contributed by atoms with Gasteiger partial charge in [0.05, 0.1) is 22.6 Å². The lowest BCUT2D eigenvalue weighted by atomic mass is 9.48. The van der Waals surface area contributed by atoms with Crippen molar-refractivity contribution >= 4 is 18.0 Å². The summed E-state index contributed by atoms with van der Waals surface area (Å²) in [5.74, 6) is 0.704. The van der Waals surface area contributed by atoms with Crippen molar-refractivity contribution < 1.29 is 37.3 Å². The first-order valence-electron chi connectivity index (χ1n) is 15.0. The molecule has 1 saturated heterocycles. The van der Waals surface area contributed by atoms with E-state index in [1.54, 1.807) is 18.0 Å². The second kappa shape index (κ2) is 9.82. The highest BCUT2D eigenvalue weighted by Gasteiger charge is 2.73. The molecule has 10 heteroatoms. The Bertz CT molecular complexity index is 1500. The summed E-state index contributed by atoms with van der Waals surface area (Å²) in [5, 5.41) is 12.7. The molecule has 2 heterocycles. The van der Waals surface area contributed by atoms with Gasteiger partial charge in [-0.2, -0.15) is 13.2 Å². The predicted molar refractivity (Wildman–Crippen MR) is 151 cm³/mol. The predicted octanol–water partition coefficient (Wildman–Crippen LogP) is 4.74. The summed E-state index contributed by atoms with van der Waals surface area (Å²) >= 11 is 0. The number of likely N-dealkylation sites (tertiary alicyclic amines) is 1. The zero-order chi connectivity index (χ0) is 30.3. The van der Waals surface area contributed by atoms with Crippen LogP contribution in [-0.4, -0.2) is 70.7 Å². The molecule has 2 aromatic rings. The van der Waals surface area contributed by atoms with Crippen molar-refractivity contribution in [3.63, 3.8) is 0 Å². The van der Waals surface area contributed by atoms with E-state index in [9.17, 15) is 27.9 Å². The largest absolute Gasteiger partial charge is 0.483 e. The number of carbonyl (C=O) groups excluding carboxylic acids is 2. The first-order chi connectivity index (χ1) is 20.4. The van der Waals surface area contributed by atoms with Gasteiger partial charge in [-0.15, -0.1) is 0 Å². The van der Waals surface area contributed by atoms with Crippen LogP contribution in [0, 0.1) is 5.92 Å². The van der Waals surface area contributed by atoms with Gasteiger partial charge in [0.25, 0.3) is 0 Å². The van der Waals surface area contributed by atoms with Crippen LogP contribution in [0.2, 0.25) is 0 Å². The fourth-order valence-corrected chi connectivity index (χ4v) is 8.31. The smallest absolute Gasteiger partial charge is 0.416 e. The molecule has 43 heavy (non-hydrogen) atoms. The van der Waals surface area contributed by atoms with Gasteiger partial charge in [0, 0.05) is 38.2 Å². The Kier molecular flexibility index (Phi) is 6.49. The molecule has 228 valence electrons. The Hall–Kier alpha value is -3.37. The van der Waals surface area contributed by atoms with Gasteiger partial charge in [-0.05, 0) is 86.4 Å². The van der Waals surface area contributed by atoms with Gasteiger partial charge in [0.1, 0.15) is 6.10 Å². The number of esters is 1. The average molecular weight is 597 g/mol. The topological polar surface area (TPSA) is 79.3 Å². The molecule has 3 fully saturated rings. The summed E-state index contributed by atoms with van der Waals surface area (Å²) in [5.41, 5.74) is -0.127. The molecule has 2 saturated carbocycles. The number of piperidine rings is 1. The number of hydrogen-bond donors (Lipinski definition) is 1. The monoisotopic (exact) mass is 596 g/mol. The molecular formula is C33H35F3N2O5. The molecule has 2 aliphatic heterocycles. The minimum Gasteiger partial charge on any atom is -0.483 e. The van der Waals surface area contributed by atoms with Crippen LogP contribution in [0.25, 0.3) is 6.08 Å². The normalized spacial score (nSPS) is 31.0. The molecule has 5 aliphatic rings. The Morgan fingerprint density at radius 3 is 2.56 bits per heavy atom. The Balaban J connectivity index is 1.22. The molecule has 0 radical (unpaired) electrons. The van der Waals surface area contributed by atoms with E-state index in [0.29, 0.717) is 48.7 Å². The second-order valence-electron chi connectivity index (χ2n) is 12.9. The van der Waals surface area contributed by atoms with Crippen molar-refractivity contribution in [3.05, 3.63) is 64.7 Å². The molecule has 1 spiro atoms. The van der Waals surface area contributed by atoms with Gasteiger partial charge in [-0.25, -0.2) is 0 Å². The van der Waals surface area contributed by atoms with E-state index in [2.05, 4.69) is 4.90 Å². The van der Waals surface area contributed by atoms with Crippen molar-refractivity contribution in [2.24, 2.45) is 5.92 Å². The van der Waals surface area contributed by atoms with Gasteiger partial charge in [0.2, 0.25) is 5.91 Å². The first-order valence-corrected chi connectivity index (χ1v) is 15.0. The van der Waals surface area contributed by atoms with E-state index >= 15 is 0 Å². The van der Waals surface area contributed by atoms with Crippen LogP contribution >= 0.6 is 0 Å². The van der Waals surface area contributed by atoms with Gasteiger partial charge < -0.3 is 19.5 Å². The van der Waals surface area contributed by atoms with Gasteiger partial charge in [-0.1, -0.05) is 18.2 Å². The number of amides is 1. The van der Waals surface area contributed by atoms with Crippen LogP contribution in [0.5, 0.6) is 11.5 Å². The molecule has 1 N–H and O–H groups in total. The first kappa shape index (κ1) is 28.4. The zero-order valence-electron chi connectivity index (χ0n) is 24.2. The van der Waals surface area contributed by atoms with Crippen LogP contribution in [0.15, 0.2) is 42.5 Å². The standard InChI is InChI=1S/C33H35F3N2O5/c1-19(39)42-25-11-8-22-17-26-32(41)14-13-24(37(2)27(40)12-7-20-5-9-23(10-6-20)33(34,35)36)30-31(32,28(22)29(25)43-30)15-16-38(26)18-21-3-4-21/h5-12,21,24,26,30,41H,3-4,13-18H2,1-2H3/t24-,26-,30+,31+,32-/m1/s1. The Morgan fingerprint density at radius 1 is 1.14 bits per heavy atom. The van der Waals surface area contributed by atoms with Crippen molar-refractivity contribution in [3.8, 4) is 11.5 Å². The van der Waals surface area contributed by atoms with Crippen molar-refractivity contribution in [2.75, 3.05) is 20.1 Å². The summed E-state index contributed by atoms with van der Waals surface area (Å²) < 4.78 is 51.1. The lowest BCUT2D eigenvalue weighted by Gasteiger charge is -2.64. The number of halogens is 3. The molecule has 1 amide bonds. The number of alkyl halides is 3. The van der Waals surface area contributed by atoms with Gasteiger partial charge in [-0.3, -0.25) is 14.5 Å². The third kappa shape index (κ3) is 4.39. The van der Waals surface area contributed by atoms with Crippen LogP contribution in [0.4, 0.5) is 13.2 Å². The quantitative estimate of drug-likeness (QED) is 0.295. The van der Waals surface area contributed by atoms with E-state index in [1.807, 2.05) is 6.07 Å². The minimum absolute atomic E-state index is 0.0764. The second-order valence-corrected chi connectivity index (χ2v) is 12.9. The number of nitrogens with zero attached hydrogens (tertiary/aromatic N) is 2. The Labute approximate surface area is 248 Å². The number of ether oxygens (including phenoxy) is 2. The average Bonchev–Trinajstić information content (AvgIpc) is 3.70. The molecule has 3 aliphatic carbocycles. The highest BCUT2D eigenvalue weighted by molar-refractivity contribution is 5.92. The Morgan fingerprint density at radius 2 is 1.88 bits per heavy atom. The van der Waals surface area contributed by atoms with Gasteiger partial charge >= 0.3 is 12.1 Å². The highest BCUT2D eigenvalue weighted by atomic mass is 19.4. The number of aliphatic hydroxyl groups is 1. The fraction of sp³-hybridized carbons (Fsp3) is 0.515. The van der Waals surface area contributed by atoms with E-state index < -0.39 is 34.8 Å². The summed E-state index contributed by atoms with van der Waals surface area (Å²) in [6.45, 7) is 3.12. The zero-order valence-corrected chi connectivity index (χ0v) is 24.2. The number of benzene rings is 2. The van der Waals surface area contributed by atoms with E-state index in [0.717, 1.165) is 36.3 Å². The van der Waals surface area contributed by atoms with Crippen LogP contribution in [0.1, 0.15) is 61.3 Å². The molecule has 7 nitrogen and oxygen atoms in total. The van der Waals surface area contributed by atoms with Crippen molar-refractivity contribution in [2.45, 2.75) is 80.8 Å². The molecular weight excluding hydrogens is 561 g/mol. The molecule has 2 aromatic carbocycles. The molecule has 2 bridgehead atoms. The number of hydrogen-bond acceptors (Lipinski definition) is 6. The molecule has 0 aromatic heterocycles. The molecule has 0 unspecified atom stereocenters. The lowest BCUT2D eigenvalue weighted by Crippen LogP contribution is -2.78. The fourth-order valence-electron chi connectivity index (χ4n) is 8.31. The third-order valence-electron chi connectivity index (χ3n) is 10.5. The summed E-state index contributed by atoms with van der Waals surface area (Å²) in [4.78, 5) is 29.5. The number of carbonyl (C=O) groups is 2. The van der Waals surface area contributed by atoms with Crippen LogP contribution < -0.4 is 9.47 Å². The maximum Gasteiger partial charge on any atom is 0.416 e. The summed E-state index contributed by atoms with van der Waals surface area (Å²) in [7, 11) is 1.70. The van der Waals surface area contributed by atoms with Crippen LogP contribution in [-0.2, 0) is 27.6 Å². The van der Waals surface area contributed by atoms with Crippen molar-refractivity contribution in [1.82, 2.24) is 9.80 Å². The van der Waals surface area contributed by atoms with Crippen LogP contribution in [0.3, 0.4) is 0 Å². The van der Waals surface area contributed by atoms with E-state index in [1.165, 1.54) is 44.1 Å². The third-order valence-corrected chi connectivity index (χ3v) is 10.5. The lowest BCUT2D eigenvalue weighted by molar-refractivity contribution is -0.200. The van der Waals surface area contributed by atoms with Gasteiger partial charge in [0.15, 0.2) is 11.5 Å². The summed E-state index contributed by atoms with van der Waals surface area (Å²) in [6, 6.07) is 7.95. The maximum absolute atomic E-state index is 13.5. The molecule has 7 rings (SSSR count). The SMILES string of the molecule is CC(=O)Oc1ccc2c3c1O[C@H]1[C@H](N(C)C(=O)C=Cc4ccc(C(F)(F)F)cc4)CC[C@@]4(O)[C@@H](C2)N(CC2CC2)CC[C@]314.